The number of rotatable bonds is 5. The molecule has 0 saturated carbocycles. The highest BCUT2D eigenvalue weighted by atomic mass is 79.9. The van der Waals surface area contributed by atoms with Gasteiger partial charge in [0, 0.05) is 17.1 Å². The zero-order chi connectivity index (χ0) is 14.5. The van der Waals surface area contributed by atoms with Crippen LogP contribution < -0.4 is 16.4 Å². The van der Waals surface area contributed by atoms with Crippen LogP contribution >= 0.6 is 27.5 Å². The third-order valence-electron chi connectivity index (χ3n) is 2.49. The van der Waals surface area contributed by atoms with Gasteiger partial charge >= 0.3 is 0 Å². The lowest BCUT2D eigenvalue weighted by molar-refractivity contribution is 0.967. The number of nitrogens with one attached hydrogen (secondary N) is 2. The first-order chi connectivity index (χ1) is 9.58. The molecule has 0 atom stereocenters. The zero-order valence-electron chi connectivity index (χ0n) is 11.0. The van der Waals surface area contributed by atoms with E-state index in [2.05, 4.69) is 43.5 Å². The van der Waals surface area contributed by atoms with E-state index in [-0.39, 0.29) is 5.95 Å². The van der Waals surface area contributed by atoms with Crippen LogP contribution in [-0.2, 0) is 0 Å². The molecule has 0 aliphatic rings. The number of nitrogen functional groups attached to an aromatic ring is 1. The number of hydrogen-bond donors (Lipinski definition) is 3. The molecule has 0 amide bonds. The summed E-state index contributed by atoms with van der Waals surface area (Å²) in [6, 6.07) is 7.34. The van der Waals surface area contributed by atoms with Crippen molar-refractivity contribution in [2.24, 2.45) is 0 Å². The molecule has 20 heavy (non-hydrogen) atoms. The van der Waals surface area contributed by atoms with Crippen molar-refractivity contribution in [3.63, 3.8) is 0 Å². The fraction of sp³-hybridized carbons (Fsp3) is 0.231. The number of hydrogen-bond acceptors (Lipinski definition) is 5. The number of benzene rings is 1. The van der Waals surface area contributed by atoms with E-state index in [1.807, 2.05) is 12.1 Å². The molecule has 0 spiro atoms. The molecular weight excluding hydrogens is 342 g/mol. The van der Waals surface area contributed by atoms with Gasteiger partial charge in [-0.05, 0) is 24.6 Å². The molecule has 0 aliphatic heterocycles. The van der Waals surface area contributed by atoms with Crippen molar-refractivity contribution >= 4 is 50.8 Å². The average Bonchev–Trinajstić information content (AvgIpc) is 2.40. The molecule has 0 saturated heterocycles. The van der Waals surface area contributed by atoms with Crippen molar-refractivity contribution in [1.29, 1.82) is 0 Å². The molecule has 1 aromatic heterocycles. The smallest absolute Gasteiger partial charge is 0.223 e. The molecule has 5 nitrogen and oxygen atoms in total. The lowest BCUT2D eigenvalue weighted by Gasteiger charge is -2.11. The van der Waals surface area contributed by atoms with Gasteiger partial charge in [-0.25, -0.2) is 0 Å². The molecule has 106 valence electrons. The summed E-state index contributed by atoms with van der Waals surface area (Å²) in [6.45, 7) is 2.91. The predicted molar refractivity (Wildman–Crippen MR) is 87.7 cm³/mol. The normalized spacial score (nSPS) is 10.3. The summed E-state index contributed by atoms with van der Waals surface area (Å²) in [7, 11) is 0. The van der Waals surface area contributed by atoms with Crippen LogP contribution in [0.3, 0.4) is 0 Å². The third-order valence-corrected chi connectivity index (χ3v) is 3.31. The topological polar surface area (TPSA) is 75.9 Å². The summed E-state index contributed by atoms with van der Waals surface area (Å²) in [5.41, 5.74) is 6.46. The minimum absolute atomic E-state index is 0.208. The van der Waals surface area contributed by atoms with Crippen molar-refractivity contribution in [2.45, 2.75) is 13.3 Å². The standard InChI is InChI=1S/C13H15BrClN5/c1-2-5-17-11-7-12(20-13(16)19-11)18-10-6-8(14)3-4-9(10)15/h3-4,6-7H,2,5H2,1H3,(H4,16,17,18,19,20). The first-order valence-electron chi connectivity index (χ1n) is 6.19. The highest BCUT2D eigenvalue weighted by Gasteiger charge is 2.06. The lowest BCUT2D eigenvalue weighted by Crippen LogP contribution is -2.07. The molecule has 1 aromatic carbocycles. The highest BCUT2D eigenvalue weighted by molar-refractivity contribution is 9.10. The van der Waals surface area contributed by atoms with Gasteiger partial charge in [-0.15, -0.1) is 0 Å². The number of nitrogens with zero attached hydrogens (tertiary/aromatic N) is 2. The van der Waals surface area contributed by atoms with E-state index >= 15 is 0 Å². The second-order valence-corrected chi connectivity index (χ2v) is 5.50. The Kier molecular flexibility index (Phi) is 5.03. The Morgan fingerprint density at radius 1 is 1.25 bits per heavy atom. The van der Waals surface area contributed by atoms with E-state index < -0.39 is 0 Å². The summed E-state index contributed by atoms with van der Waals surface area (Å²) in [6.07, 6.45) is 1.00. The molecule has 2 aromatic rings. The second-order valence-electron chi connectivity index (χ2n) is 4.17. The van der Waals surface area contributed by atoms with Crippen LogP contribution in [0.15, 0.2) is 28.7 Å². The maximum atomic E-state index is 6.14. The SMILES string of the molecule is CCCNc1cc(Nc2cc(Br)ccc2Cl)nc(N)n1. The van der Waals surface area contributed by atoms with Crippen molar-refractivity contribution in [2.75, 3.05) is 22.9 Å². The van der Waals surface area contributed by atoms with E-state index in [0.717, 1.165) is 23.1 Å². The van der Waals surface area contributed by atoms with E-state index in [1.54, 1.807) is 12.1 Å². The Morgan fingerprint density at radius 2 is 2.00 bits per heavy atom. The molecular formula is C13H15BrClN5. The molecule has 2 rings (SSSR count). The number of aromatic nitrogens is 2. The number of halogens is 2. The van der Waals surface area contributed by atoms with Crippen LogP contribution in [-0.4, -0.2) is 16.5 Å². The fourth-order valence-corrected chi connectivity index (χ4v) is 2.13. The highest BCUT2D eigenvalue weighted by Crippen LogP contribution is 2.28. The predicted octanol–water partition coefficient (Wildman–Crippen LogP) is 4.04. The first kappa shape index (κ1) is 14.9. The average molecular weight is 357 g/mol. The van der Waals surface area contributed by atoms with Crippen LogP contribution in [0.25, 0.3) is 0 Å². The molecule has 0 radical (unpaired) electrons. The van der Waals surface area contributed by atoms with Gasteiger partial charge in [-0.2, -0.15) is 9.97 Å². The second kappa shape index (κ2) is 6.76. The van der Waals surface area contributed by atoms with Crippen molar-refractivity contribution < 1.29 is 0 Å². The molecule has 0 aliphatic carbocycles. The van der Waals surface area contributed by atoms with Gasteiger partial charge in [-0.3, -0.25) is 0 Å². The minimum atomic E-state index is 0.208. The van der Waals surface area contributed by atoms with Crippen LogP contribution in [0, 0.1) is 0 Å². The van der Waals surface area contributed by atoms with Gasteiger partial charge in [0.2, 0.25) is 5.95 Å². The molecule has 0 bridgehead atoms. The summed E-state index contributed by atoms with van der Waals surface area (Å²) >= 11 is 9.54. The van der Waals surface area contributed by atoms with E-state index in [1.165, 1.54) is 0 Å². The van der Waals surface area contributed by atoms with Crippen molar-refractivity contribution in [3.8, 4) is 0 Å². The summed E-state index contributed by atoms with van der Waals surface area (Å²) in [4.78, 5) is 8.28. The molecule has 4 N–H and O–H groups in total. The van der Waals surface area contributed by atoms with Gasteiger partial charge in [0.25, 0.3) is 0 Å². The van der Waals surface area contributed by atoms with Gasteiger partial charge in [0.1, 0.15) is 11.6 Å². The third kappa shape index (κ3) is 3.98. The van der Waals surface area contributed by atoms with Crippen molar-refractivity contribution in [1.82, 2.24) is 9.97 Å². The maximum absolute atomic E-state index is 6.14. The quantitative estimate of drug-likeness (QED) is 0.754. The Hall–Kier alpha value is -1.53. The number of anilines is 4. The van der Waals surface area contributed by atoms with Crippen molar-refractivity contribution in [3.05, 3.63) is 33.8 Å². The van der Waals surface area contributed by atoms with E-state index in [9.17, 15) is 0 Å². The molecule has 1 heterocycles. The summed E-state index contributed by atoms with van der Waals surface area (Å²) in [5.74, 6) is 1.49. The van der Waals surface area contributed by atoms with Gasteiger partial charge in [-0.1, -0.05) is 34.5 Å². The molecule has 0 unspecified atom stereocenters. The van der Waals surface area contributed by atoms with Gasteiger partial charge in [0.05, 0.1) is 10.7 Å². The zero-order valence-corrected chi connectivity index (χ0v) is 13.3. The van der Waals surface area contributed by atoms with Crippen LogP contribution in [0.4, 0.5) is 23.3 Å². The van der Waals surface area contributed by atoms with Gasteiger partial charge < -0.3 is 16.4 Å². The molecule has 0 fully saturated rings. The fourth-order valence-electron chi connectivity index (χ4n) is 1.60. The van der Waals surface area contributed by atoms with E-state index in [4.69, 9.17) is 17.3 Å². The number of nitrogens with two attached hydrogens (primary N) is 1. The Bertz CT molecular complexity index is 605. The van der Waals surface area contributed by atoms with Crippen LogP contribution in [0.5, 0.6) is 0 Å². The maximum Gasteiger partial charge on any atom is 0.223 e. The lowest BCUT2D eigenvalue weighted by atomic mass is 10.3. The van der Waals surface area contributed by atoms with Gasteiger partial charge in [0.15, 0.2) is 0 Å². The summed E-state index contributed by atoms with van der Waals surface area (Å²) in [5, 5.41) is 6.92. The van der Waals surface area contributed by atoms with Crippen LogP contribution in [0.2, 0.25) is 5.02 Å². The Morgan fingerprint density at radius 3 is 2.75 bits per heavy atom. The Labute approximate surface area is 131 Å². The van der Waals surface area contributed by atoms with E-state index in [0.29, 0.717) is 16.7 Å². The minimum Gasteiger partial charge on any atom is -0.370 e. The Balaban J connectivity index is 2.24. The van der Waals surface area contributed by atoms with Crippen LogP contribution in [0.1, 0.15) is 13.3 Å². The first-order valence-corrected chi connectivity index (χ1v) is 7.36. The monoisotopic (exact) mass is 355 g/mol. The largest absolute Gasteiger partial charge is 0.370 e. The molecule has 7 heteroatoms. The summed E-state index contributed by atoms with van der Waals surface area (Å²) < 4.78 is 0.927.